The number of likely N-dealkylation sites (tertiary alicyclic amines) is 1. The lowest BCUT2D eigenvalue weighted by Gasteiger charge is -2.39. The molecule has 0 radical (unpaired) electrons. The number of rotatable bonds is 4. The van der Waals surface area contributed by atoms with Gasteiger partial charge in [-0.15, -0.1) is 0 Å². The Morgan fingerprint density at radius 1 is 1.29 bits per heavy atom. The van der Waals surface area contributed by atoms with Gasteiger partial charge in [-0.3, -0.25) is 14.6 Å². The van der Waals surface area contributed by atoms with E-state index in [1.54, 1.807) is 12.4 Å². The Morgan fingerprint density at radius 3 is 2.82 bits per heavy atom. The highest BCUT2D eigenvalue weighted by Crippen LogP contribution is 2.44. The number of nitrogens with one attached hydrogen (secondary N) is 2. The standard InChI is InChI=1S/C21H25N5O2/c27-17(13-23-15-3-4-15)26-10-7-21(8-11-26)6-5-16-18(21)24-19(25-20(16)28)14-2-1-9-22-12-14/h1-2,9,12,15,23H,3-8,10-11,13H2,(H,24,25,28). The lowest BCUT2D eigenvalue weighted by atomic mass is 9.76. The Balaban J connectivity index is 1.36. The fourth-order valence-corrected chi connectivity index (χ4v) is 4.59. The van der Waals surface area contributed by atoms with Crippen molar-refractivity contribution in [3.05, 3.63) is 46.1 Å². The third-order valence-corrected chi connectivity index (χ3v) is 6.50. The van der Waals surface area contributed by atoms with Crippen LogP contribution in [0.5, 0.6) is 0 Å². The van der Waals surface area contributed by atoms with Crippen molar-refractivity contribution < 1.29 is 4.79 Å². The number of nitrogens with zero attached hydrogens (tertiary/aromatic N) is 3. The number of hydrogen-bond acceptors (Lipinski definition) is 5. The largest absolute Gasteiger partial charge is 0.342 e. The van der Waals surface area contributed by atoms with E-state index in [9.17, 15) is 9.59 Å². The molecule has 2 fully saturated rings. The number of hydrogen-bond donors (Lipinski definition) is 2. The van der Waals surface area contributed by atoms with E-state index < -0.39 is 0 Å². The van der Waals surface area contributed by atoms with E-state index in [2.05, 4.69) is 15.3 Å². The molecule has 2 aromatic heterocycles. The Kier molecular flexibility index (Phi) is 4.27. The molecule has 146 valence electrons. The third kappa shape index (κ3) is 3.13. The number of pyridine rings is 1. The van der Waals surface area contributed by atoms with Gasteiger partial charge < -0.3 is 15.2 Å². The highest BCUT2D eigenvalue weighted by atomic mass is 16.2. The second-order valence-electron chi connectivity index (χ2n) is 8.30. The smallest absolute Gasteiger partial charge is 0.254 e. The van der Waals surface area contributed by atoms with Gasteiger partial charge in [0.15, 0.2) is 0 Å². The van der Waals surface area contributed by atoms with Gasteiger partial charge in [-0.1, -0.05) is 0 Å². The summed E-state index contributed by atoms with van der Waals surface area (Å²) in [5.41, 5.74) is 2.47. The van der Waals surface area contributed by atoms with Crippen LogP contribution in [0.3, 0.4) is 0 Å². The first-order valence-electron chi connectivity index (χ1n) is 10.2. The second kappa shape index (κ2) is 6.81. The highest BCUT2D eigenvalue weighted by Gasteiger charge is 2.44. The average molecular weight is 379 g/mol. The molecule has 0 aromatic carbocycles. The van der Waals surface area contributed by atoms with Gasteiger partial charge in [-0.25, -0.2) is 4.98 Å². The van der Waals surface area contributed by atoms with Crippen LogP contribution in [0.2, 0.25) is 0 Å². The average Bonchev–Trinajstić information content (AvgIpc) is 3.50. The highest BCUT2D eigenvalue weighted by molar-refractivity contribution is 5.78. The minimum absolute atomic E-state index is 0.0344. The van der Waals surface area contributed by atoms with Crippen molar-refractivity contribution in [1.82, 2.24) is 25.2 Å². The Hall–Kier alpha value is -2.54. The molecule has 0 unspecified atom stereocenters. The van der Waals surface area contributed by atoms with E-state index in [1.165, 1.54) is 12.8 Å². The van der Waals surface area contributed by atoms with Crippen LogP contribution in [0, 0.1) is 0 Å². The van der Waals surface area contributed by atoms with Crippen LogP contribution in [0.25, 0.3) is 11.4 Å². The van der Waals surface area contributed by atoms with Gasteiger partial charge in [0.05, 0.1) is 12.2 Å². The number of amides is 1. The molecule has 5 rings (SSSR count). The molecule has 1 amide bonds. The van der Waals surface area contributed by atoms with Crippen molar-refractivity contribution in [2.75, 3.05) is 19.6 Å². The number of piperidine rings is 1. The molecular weight excluding hydrogens is 354 g/mol. The van der Waals surface area contributed by atoms with Crippen LogP contribution < -0.4 is 10.9 Å². The van der Waals surface area contributed by atoms with Crippen molar-refractivity contribution >= 4 is 5.91 Å². The van der Waals surface area contributed by atoms with Gasteiger partial charge in [-0.05, 0) is 50.7 Å². The minimum Gasteiger partial charge on any atom is -0.342 e. The van der Waals surface area contributed by atoms with E-state index in [4.69, 9.17) is 4.98 Å². The summed E-state index contributed by atoms with van der Waals surface area (Å²) in [6.45, 7) is 1.92. The number of H-pyrrole nitrogens is 1. The molecule has 3 aliphatic rings. The molecule has 2 aromatic rings. The van der Waals surface area contributed by atoms with Crippen molar-refractivity contribution in [3.8, 4) is 11.4 Å². The summed E-state index contributed by atoms with van der Waals surface area (Å²) in [6.07, 6.45) is 9.26. The second-order valence-corrected chi connectivity index (χ2v) is 8.30. The fraction of sp³-hybridized carbons (Fsp3) is 0.524. The van der Waals surface area contributed by atoms with Gasteiger partial charge in [0.1, 0.15) is 5.82 Å². The van der Waals surface area contributed by atoms with Gasteiger partial charge in [-0.2, -0.15) is 0 Å². The zero-order chi connectivity index (χ0) is 19.1. The summed E-state index contributed by atoms with van der Waals surface area (Å²) in [5, 5.41) is 3.31. The summed E-state index contributed by atoms with van der Waals surface area (Å²) in [7, 11) is 0. The number of fused-ring (bicyclic) bond motifs is 2. The monoisotopic (exact) mass is 379 g/mol. The van der Waals surface area contributed by atoms with Gasteiger partial charge in [0, 0.05) is 48.1 Å². The summed E-state index contributed by atoms with van der Waals surface area (Å²) < 4.78 is 0. The van der Waals surface area contributed by atoms with Crippen LogP contribution in [0.15, 0.2) is 29.3 Å². The van der Waals surface area contributed by atoms with Crippen LogP contribution in [0.4, 0.5) is 0 Å². The molecule has 7 heteroatoms. The molecule has 7 nitrogen and oxygen atoms in total. The lowest BCUT2D eigenvalue weighted by molar-refractivity contribution is -0.131. The third-order valence-electron chi connectivity index (χ3n) is 6.50. The lowest BCUT2D eigenvalue weighted by Crippen LogP contribution is -2.47. The molecule has 0 atom stereocenters. The van der Waals surface area contributed by atoms with Crippen molar-refractivity contribution in [2.24, 2.45) is 0 Å². The van der Waals surface area contributed by atoms with E-state index >= 15 is 0 Å². The maximum Gasteiger partial charge on any atom is 0.254 e. The van der Waals surface area contributed by atoms with Crippen molar-refractivity contribution in [1.29, 1.82) is 0 Å². The summed E-state index contributed by atoms with van der Waals surface area (Å²) in [5.74, 6) is 0.778. The minimum atomic E-state index is -0.0821. The van der Waals surface area contributed by atoms with E-state index in [0.717, 1.165) is 55.6 Å². The molecule has 1 aliphatic heterocycles. The van der Waals surface area contributed by atoms with Crippen LogP contribution >= 0.6 is 0 Å². The van der Waals surface area contributed by atoms with Crippen LogP contribution in [-0.4, -0.2) is 51.4 Å². The fourth-order valence-electron chi connectivity index (χ4n) is 4.59. The molecule has 2 aliphatic carbocycles. The van der Waals surface area contributed by atoms with Gasteiger partial charge >= 0.3 is 0 Å². The van der Waals surface area contributed by atoms with Crippen molar-refractivity contribution in [2.45, 2.75) is 50.0 Å². The van der Waals surface area contributed by atoms with E-state index in [-0.39, 0.29) is 16.9 Å². The van der Waals surface area contributed by atoms with E-state index in [0.29, 0.717) is 18.4 Å². The number of carbonyl (C=O) groups is 1. The molecule has 28 heavy (non-hydrogen) atoms. The quantitative estimate of drug-likeness (QED) is 0.838. The SMILES string of the molecule is O=C(CNC1CC1)N1CCC2(CCc3c2nc(-c2cccnc2)[nH]c3=O)CC1. The Morgan fingerprint density at radius 2 is 2.11 bits per heavy atom. The topological polar surface area (TPSA) is 91.0 Å². The summed E-state index contributed by atoms with van der Waals surface area (Å²) >= 11 is 0. The molecular formula is C21H25N5O2. The Labute approximate surface area is 163 Å². The predicted octanol–water partition coefficient (Wildman–Crippen LogP) is 1.39. The van der Waals surface area contributed by atoms with Gasteiger partial charge in [0.25, 0.3) is 5.56 Å². The number of aromatic nitrogens is 3. The zero-order valence-corrected chi connectivity index (χ0v) is 15.9. The van der Waals surface area contributed by atoms with E-state index in [1.807, 2.05) is 17.0 Å². The Bertz CT molecular complexity index is 943. The summed E-state index contributed by atoms with van der Waals surface area (Å²) in [6, 6.07) is 4.30. The zero-order valence-electron chi connectivity index (χ0n) is 15.9. The molecule has 3 heterocycles. The molecule has 2 N–H and O–H groups in total. The maximum absolute atomic E-state index is 12.7. The first-order valence-corrected chi connectivity index (χ1v) is 10.2. The summed E-state index contributed by atoms with van der Waals surface area (Å²) in [4.78, 5) is 39.0. The normalized spacial score (nSPS) is 20.4. The first kappa shape index (κ1) is 17.6. The maximum atomic E-state index is 12.7. The predicted molar refractivity (Wildman–Crippen MR) is 105 cm³/mol. The molecule has 1 saturated heterocycles. The van der Waals surface area contributed by atoms with Crippen molar-refractivity contribution in [3.63, 3.8) is 0 Å². The molecule has 1 saturated carbocycles. The molecule has 1 spiro atoms. The number of carbonyl (C=O) groups excluding carboxylic acids is 1. The van der Waals surface area contributed by atoms with Crippen LogP contribution in [0.1, 0.15) is 43.4 Å². The van der Waals surface area contributed by atoms with Gasteiger partial charge in [0.2, 0.25) is 5.91 Å². The molecule has 0 bridgehead atoms. The first-order chi connectivity index (χ1) is 13.6. The number of aromatic amines is 1. The van der Waals surface area contributed by atoms with Crippen LogP contribution in [-0.2, 0) is 16.6 Å².